The number of rotatable bonds is 6. The van der Waals surface area contributed by atoms with Gasteiger partial charge in [0.15, 0.2) is 0 Å². The fourth-order valence-corrected chi connectivity index (χ4v) is 3.33. The van der Waals surface area contributed by atoms with Crippen molar-refractivity contribution in [1.82, 2.24) is 10.6 Å². The molecule has 1 heterocycles. The highest BCUT2D eigenvalue weighted by Gasteiger charge is 2.33. The van der Waals surface area contributed by atoms with Gasteiger partial charge in [-0.1, -0.05) is 18.2 Å². The number of hydrogen-bond acceptors (Lipinski definition) is 4. The average molecular weight is 383 g/mol. The van der Waals surface area contributed by atoms with Crippen LogP contribution in [0.3, 0.4) is 0 Å². The zero-order chi connectivity index (χ0) is 20.1. The van der Waals surface area contributed by atoms with Gasteiger partial charge < -0.3 is 25.0 Å². The van der Waals surface area contributed by atoms with Gasteiger partial charge in [0.05, 0.1) is 20.3 Å². The molecule has 7 nitrogen and oxygen atoms in total. The van der Waals surface area contributed by atoms with Crippen LogP contribution in [0, 0.1) is 0 Å². The van der Waals surface area contributed by atoms with Crippen LogP contribution in [0.25, 0.3) is 0 Å². The van der Waals surface area contributed by atoms with E-state index in [9.17, 15) is 9.59 Å². The molecular formula is C21H25N3O4. The maximum absolute atomic E-state index is 12.6. The summed E-state index contributed by atoms with van der Waals surface area (Å²) < 4.78 is 10.6. The lowest BCUT2D eigenvalue weighted by atomic mass is 10.1. The Morgan fingerprint density at radius 1 is 1.14 bits per heavy atom. The van der Waals surface area contributed by atoms with E-state index in [-0.39, 0.29) is 11.9 Å². The van der Waals surface area contributed by atoms with E-state index >= 15 is 0 Å². The molecule has 2 aromatic carbocycles. The van der Waals surface area contributed by atoms with Crippen molar-refractivity contribution >= 4 is 17.6 Å². The number of hydrogen-bond donors (Lipinski definition) is 2. The Kier molecular flexibility index (Phi) is 6.03. The van der Waals surface area contributed by atoms with Crippen LogP contribution >= 0.6 is 0 Å². The van der Waals surface area contributed by atoms with Crippen molar-refractivity contribution in [2.75, 3.05) is 25.7 Å². The Balaban J connectivity index is 1.61. The van der Waals surface area contributed by atoms with E-state index in [1.165, 1.54) is 0 Å². The number of amides is 3. The van der Waals surface area contributed by atoms with Crippen LogP contribution in [0.2, 0.25) is 0 Å². The number of anilines is 1. The van der Waals surface area contributed by atoms with E-state index in [0.29, 0.717) is 24.5 Å². The summed E-state index contributed by atoms with van der Waals surface area (Å²) in [6.07, 6.45) is 0.571. The zero-order valence-electron chi connectivity index (χ0n) is 16.3. The van der Waals surface area contributed by atoms with E-state index in [1.807, 2.05) is 49.4 Å². The van der Waals surface area contributed by atoms with E-state index in [2.05, 4.69) is 10.6 Å². The predicted molar refractivity (Wildman–Crippen MR) is 107 cm³/mol. The van der Waals surface area contributed by atoms with Gasteiger partial charge in [-0.25, -0.2) is 4.79 Å². The van der Waals surface area contributed by atoms with Crippen molar-refractivity contribution in [2.45, 2.75) is 25.4 Å². The van der Waals surface area contributed by atoms with Gasteiger partial charge in [-0.3, -0.25) is 4.79 Å². The molecule has 2 atom stereocenters. The van der Waals surface area contributed by atoms with Crippen molar-refractivity contribution in [3.05, 3.63) is 54.1 Å². The van der Waals surface area contributed by atoms with Gasteiger partial charge in [0.25, 0.3) is 0 Å². The number of urea groups is 1. The molecule has 148 valence electrons. The zero-order valence-corrected chi connectivity index (χ0v) is 16.3. The smallest absolute Gasteiger partial charge is 0.315 e. The standard InChI is InChI=1S/C21H25N3O4/c1-14(17-10-9-16(27-2)13-19(17)28-3)22-21(26)23-18-11-12-24(20(18)25)15-7-5-4-6-8-15/h4-10,13-14,18H,11-12H2,1-3H3,(H2,22,23,26)/t14-,18+/m0/s1. The predicted octanol–water partition coefficient (Wildman–Crippen LogP) is 2.87. The first-order valence-corrected chi connectivity index (χ1v) is 9.19. The number of ether oxygens (including phenoxy) is 2. The molecule has 0 bridgehead atoms. The van der Waals surface area contributed by atoms with Crippen molar-refractivity contribution in [1.29, 1.82) is 0 Å². The second-order valence-electron chi connectivity index (χ2n) is 6.61. The highest BCUT2D eigenvalue weighted by atomic mass is 16.5. The van der Waals surface area contributed by atoms with Crippen LogP contribution in [0.5, 0.6) is 11.5 Å². The highest BCUT2D eigenvalue weighted by molar-refractivity contribution is 6.01. The summed E-state index contributed by atoms with van der Waals surface area (Å²) in [5.74, 6) is 1.20. The molecule has 1 fully saturated rings. The second-order valence-corrected chi connectivity index (χ2v) is 6.61. The summed E-state index contributed by atoms with van der Waals surface area (Å²) in [4.78, 5) is 26.7. The minimum Gasteiger partial charge on any atom is -0.497 e. The molecule has 0 unspecified atom stereocenters. The molecular weight excluding hydrogens is 358 g/mol. The summed E-state index contributed by atoms with van der Waals surface area (Å²) >= 11 is 0. The molecule has 0 spiro atoms. The Bertz CT molecular complexity index is 841. The molecule has 7 heteroatoms. The third kappa shape index (κ3) is 4.19. The second kappa shape index (κ2) is 8.65. The molecule has 0 aliphatic carbocycles. The summed E-state index contributed by atoms with van der Waals surface area (Å²) in [6, 6.07) is 13.7. The Labute approximate surface area is 164 Å². The first-order chi connectivity index (χ1) is 13.5. The number of benzene rings is 2. The molecule has 0 aromatic heterocycles. The molecule has 1 aliphatic rings. The first kappa shape index (κ1) is 19.5. The van der Waals surface area contributed by atoms with Gasteiger partial charge in [0, 0.05) is 23.9 Å². The lowest BCUT2D eigenvalue weighted by Crippen LogP contribution is -2.46. The third-order valence-electron chi connectivity index (χ3n) is 4.83. The number of carbonyl (C=O) groups excluding carboxylic acids is 2. The van der Waals surface area contributed by atoms with E-state index in [0.717, 1.165) is 11.3 Å². The quantitative estimate of drug-likeness (QED) is 0.804. The van der Waals surface area contributed by atoms with Crippen LogP contribution in [-0.2, 0) is 4.79 Å². The van der Waals surface area contributed by atoms with Crippen molar-refractivity contribution in [3.8, 4) is 11.5 Å². The topological polar surface area (TPSA) is 79.9 Å². The molecule has 2 aromatic rings. The lowest BCUT2D eigenvalue weighted by Gasteiger charge is -2.20. The molecule has 2 N–H and O–H groups in total. The van der Waals surface area contributed by atoms with Crippen molar-refractivity contribution in [3.63, 3.8) is 0 Å². The monoisotopic (exact) mass is 383 g/mol. The van der Waals surface area contributed by atoms with Crippen LogP contribution < -0.4 is 25.0 Å². The van der Waals surface area contributed by atoms with Crippen LogP contribution in [0.15, 0.2) is 48.5 Å². The van der Waals surface area contributed by atoms with Gasteiger partial charge >= 0.3 is 6.03 Å². The molecule has 0 saturated carbocycles. The van der Waals surface area contributed by atoms with Gasteiger partial charge in [-0.15, -0.1) is 0 Å². The first-order valence-electron chi connectivity index (χ1n) is 9.19. The number of methoxy groups -OCH3 is 2. The van der Waals surface area contributed by atoms with E-state index in [4.69, 9.17) is 9.47 Å². The number of carbonyl (C=O) groups is 2. The summed E-state index contributed by atoms with van der Waals surface area (Å²) in [5, 5.41) is 5.65. The maximum atomic E-state index is 12.6. The number of nitrogens with zero attached hydrogens (tertiary/aromatic N) is 1. The molecule has 28 heavy (non-hydrogen) atoms. The summed E-state index contributed by atoms with van der Waals surface area (Å²) in [7, 11) is 3.15. The number of para-hydroxylation sites is 1. The molecule has 0 radical (unpaired) electrons. The fraction of sp³-hybridized carbons (Fsp3) is 0.333. The Morgan fingerprint density at radius 3 is 2.57 bits per heavy atom. The number of nitrogens with one attached hydrogen (secondary N) is 2. The van der Waals surface area contributed by atoms with Crippen LogP contribution in [0.1, 0.15) is 24.9 Å². The average Bonchev–Trinajstić information content (AvgIpc) is 3.08. The summed E-state index contributed by atoms with van der Waals surface area (Å²) in [5.41, 5.74) is 1.66. The third-order valence-corrected chi connectivity index (χ3v) is 4.83. The maximum Gasteiger partial charge on any atom is 0.315 e. The fourth-order valence-electron chi connectivity index (χ4n) is 3.33. The molecule has 1 aliphatic heterocycles. The SMILES string of the molecule is COc1ccc([C@H](C)NC(=O)N[C@@H]2CCN(c3ccccc3)C2=O)c(OC)c1. The lowest BCUT2D eigenvalue weighted by molar-refractivity contribution is -0.118. The van der Waals surface area contributed by atoms with Gasteiger partial charge in [-0.05, 0) is 37.6 Å². The van der Waals surface area contributed by atoms with Crippen molar-refractivity contribution in [2.24, 2.45) is 0 Å². The van der Waals surface area contributed by atoms with E-state index < -0.39 is 12.1 Å². The molecule has 1 saturated heterocycles. The Morgan fingerprint density at radius 2 is 1.89 bits per heavy atom. The van der Waals surface area contributed by atoms with Crippen LogP contribution in [-0.4, -0.2) is 38.7 Å². The van der Waals surface area contributed by atoms with Crippen LogP contribution in [0.4, 0.5) is 10.5 Å². The Hall–Kier alpha value is -3.22. The van der Waals surface area contributed by atoms with E-state index in [1.54, 1.807) is 25.2 Å². The summed E-state index contributed by atoms with van der Waals surface area (Å²) in [6.45, 7) is 2.44. The van der Waals surface area contributed by atoms with Gasteiger partial charge in [0.2, 0.25) is 5.91 Å². The normalized spacial score (nSPS) is 17.2. The van der Waals surface area contributed by atoms with Gasteiger partial charge in [0.1, 0.15) is 17.5 Å². The largest absolute Gasteiger partial charge is 0.497 e. The molecule has 3 amide bonds. The minimum absolute atomic E-state index is 0.101. The van der Waals surface area contributed by atoms with Crippen molar-refractivity contribution < 1.29 is 19.1 Å². The highest BCUT2D eigenvalue weighted by Crippen LogP contribution is 2.29. The minimum atomic E-state index is -0.537. The van der Waals surface area contributed by atoms with Gasteiger partial charge in [-0.2, -0.15) is 0 Å². The molecule has 3 rings (SSSR count).